The second kappa shape index (κ2) is 24.6. The summed E-state index contributed by atoms with van der Waals surface area (Å²) >= 11 is 0. The molecule has 0 bridgehead atoms. The maximum atomic E-state index is 2.40. The molecule has 1 nitrogen and oxygen atoms in total. The van der Waals surface area contributed by atoms with Crippen molar-refractivity contribution in [2.75, 3.05) is 26.2 Å². The van der Waals surface area contributed by atoms with E-state index in [9.17, 15) is 0 Å². The van der Waals surface area contributed by atoms with Crippen molar-refractivity contribution in [3.8, 4) is 0 Å². The molecule has 188 valence electrons. The van der Waals surface area contributed by atoms with E-state index in [4.69, 9.17) is 0 Å². The summed E-state index contributed by atoms with van der Waals surface area (Å²) in [4.78, 5) is 0. The molecule has 0 aliphatic carbocycles. The topological polar surface area (TPSA) is 0 Å². The molecule has 0 aromatic carbocycles. The van der Waals surface area contributed by atoms with E-state index in [1.54, 1.807) is 0 Å². The van der Waals surface area contributed by atoms with Gasteiger partial charge in [-0.05, 0) is 38.5 Å². The molecule has 1 heteroatoms. The molecule has 0 aliphatic heterocycles. The molecule has 0 aromatic heterocycles. The van der Waals surface area contributed by atoms with Gasteiger partial charge in [0, 0.05) is 0 Å². The molecule has 0 spiro atoms. The SMILES string of the molecule is CCCCCCCCCCCC[N+](CCC)(CCC)CCCCCCCCCCCC. The third-order valence-electron chi connectivity index (χ3n) is 7.37. The Balaban J connectivity index is 3.92. The number of hydrogen-bond donors (Lipinski definition) is 0. The molecule has 0 N–H and O–H groups in total. The minimum Gasteiger partial charge on any atom is -0.324 e. The predicted octanol–water partition coefficient (Wildman–Crippen LogP) is 10.5. The Morgan fingerprint density at radius 2 is 0.516 bits per heavy atom. The van der Waals surface area contributed by atoms with E-state index in [-0.39, 0.29) is 0 Å². The highest BCUT2D eigenvalue weighted by atomic mass is 15.3. The highest BCUT2D eigenvalue weighted by Crippen LogP contribution is 2.18. The van der Waals surface area contributed by atoms with Crippen molar-refractivity contribution in [3.05, 3.63) is 0 Å². The van der Waals surface area contributed by atoms with Crippen molar-refractivity contribution in [1.82, 2.24) is 0 Å². The van der Waals surface area contributed by atoms with Crippen molar-refractivity contribution in [2.45, 2.75) is 169 Å². The normalized spacial score (nSPS) is 12.0. The Morgan fingerprint density at radius 1 is 0.258 bits per heavy atom. The van der Waals surface area contributed by atoms with Gasteiger partial charge in [-0.3, -0.25) is 0 Å². The summed E-state index contributed by atoms with van der Waals surface area (Å²) in [5.74, 6) is 0. The van der Waals surface area contributed by atoms with Gasteiger partial charge in [0.25, 0.3) is 0 Å². The minimum absolute atomic E-state index is 1.36. The van der Waals surface area contributed by atoms with Gasteiger partial charge >= 0.3 is 0 Å². The zero-order valence-corrected chi connectivity index (χ0v) is 22.8. The Morgan fingerprint density at radius 3 is 0.774 bits per heavy atom. The first kappa shape index (κ1) is 31.0. The van der Waals surface area contributed by atoms with Crippen LogP contribution in [0.5, 0.6) is 0 Å². The number of hydrogen-bond acceptors (Lipinski definition) is 0. The summed E-state index contributed by atoms with van der Waals surface area (Å²) in [7, 11) is 0. The third-order valence-corrected chi connectivity index (χ3v) is 7.37. The maximum absolute atomic E-state index is 2.40. The molecular formula is C30H64N+. The fourth-order valence-corrected chi connectivity index (χ4v) is 5.49. The van der Waals surface area contributed by atoms with Gasteiger partial charge in [-0.25, -0.2) is 0 Å². The van der Waals surface area contributed by atoms with Crippen molar-refractivity contribution in [3.63, 3.8) is 0 Å². The molecule has 0 rings (SSSR count). The number of nitrogens with zero attached hydrogens (tertiary/aromatic N) is 1. The lowest BCUT2D eigenvalue weighted by Crippen LogP contribution is -2.50. The average Bonchev–Trinajstić information content (AvgIpc) is 2.77. The summed E-state index contributed by atoms with van der Waals surface area (Å²) < 4.78 is 1.43. The summed E-state index contributed by atoms with van der Waals surface area (Å²) in [6.45, 7) is 15.2. The number of rotatable bonds is 26. The molecule has 0 atom stereocenters. The van der Waals surface area contributed by atoms with Crippen molar-refractivity contribution >= 4 is 0 Å². The van der Waals surface area contributed by atoms with E-state index in [2.05, 4.69) is 27.7 Å². The van der Waals surface area contributed by atoms with Gasteiger partial charge in [0.1, 0.15) is 0 Å². The summed E-state index contributed by atoms with van der Waals surface area (Å²) in [6.07, 6.45) is 31.9. The Labute approximate surface area is 199 Å². The first-order valence-corrected chi connectivity index (χ1v) is 15.1. The monoisotopic (exact) mass is 439 g/mol. The molecule has 31 heavy (non-hydrogen) atoms. The van der Waals surface area contributed by atoms with Crippen LogP contribution in [-0.4, -0.2) is 30.7 Å². The van der Waals surface area contributed by atoms with Crippen molar-refractivity contribution in [1.29, 1.82) is 0 Å². The Kier molecular flexibility index (Phi) is 24.6. The summed E-state index contributed by atoms with van der Waals surface area (Å²) in [6, 6.07) is 0. The van der Waals surface area contributed by atoms with Gasteiger partial charge in [0.15, 0.2) is 0 Å². The number of quaternary nitrogens is 1. The second-order valence-electron chi connectivity index (χ2n) is 10.6. The zero-order chi connectivity index (χ0) is 22.9. The fraction of sp³-hybridized carbons (Fsp3) is 1.00. The Hall–Kier alpha value is -0.0400. The van der Waals surface area contributed by atoms with Crippen LogP contribution in [0.15, 0.2) is 0 Å². The van der Waals surface area contributed by atoms with Gasteiger partial charge in [0.05, 0.1) is 26.2 Å². The quantitative estimate of drug-likeness (QED) is 0.0930. The molecule has 0 aliphatic rings. The maximum Gasteiger partial charge on any atom is 0.0786 e. The van der Waals surface area contributed by atoms with E-state index in [0.29, 0.717) is 0 Å². The van der Waals surface area contributed by atoms with Crippen molar-refractivity contribution in [2.24, 2.45) is 0 Å². The van der Waals surface area contributed by atoms with Crippen LogP contribution in [0.25, 0.3) is 0 Å². The van der Waals surface area contributed by atoms with Crippen LogP contribution in [0.1, 0.15) is 169 Å². The largest absolute Gasteiger partial charge is 0.324 e. The smallest absolute Gasteiger partial charge is 0.0786 e. The van der Waals surface area contributed by atoms with E-state index in [1.807, 2.05) is 0 Å². The molecule has 0 fully saturated rings. The third kappa shape index (κ3) is 20.3. The molecule has 0 aromatic rings. The molecule has 0 amide bonds. The predicted molar refractivity (Wildman–Crippen MR) is 144 cm³/mol. The van der Waals surface area contributed by atoms with Crippen LogP contribution < -0.4 is 0 Å². The van der Waals surface area contributed by atoms with Crippen LogP contribution in [-0.2, 0) is 0 Å². The van der Waals surface area contributed by atoms with E-state index in [1.165, 1.54) is 172 Å². The van der Waals surface area contributed by atoms with Gasteiger partial charge in [0.2, 0.25) is 0 Å². The fourth-order valence-electron chi connectivity index (χ4n) is 5.49. The van der Waals surface area contributed by atoms with Gasteiger partial charge in [-0.1, -0.05) is 130 Å². The second-order valence-corrected chi connectivity index (χ2v) is 10.6. The number of unbranched alkanes of at least 4 members (excludes halogenated alkanes) is 18. The average molecular weight is 439 g/mol. The minimum atomic E-state index is 1.36. The molecule has 0 heterocycles. The van der Waals surface area contributed by atoms with Gasteiger partial charge in [-0.2, -0.15) is 0 Å². The molecule has 0 radical (unpaired) electrons. The van der Waals surface area contributed by atoms with E-state index in [0.717, 1.165) is 0 Å². The Bertz CT molecular complexity index is 292. The first-order valence-electron chi connectivity index (χ1n) is 15.1. The van der Waals surface area contributed by atoms with Crippen LogP contribution in [0.4, 0.5) is 0 Å². The lowest BCUT2D eigenvalue weighted by Gasteiger charge is -2.39. The first-order chi connectivity index (χ1) is 15.2. The van der Waals surface area contributed by atoms with Crippen LogP contribution in [0.2, 0.25) is 0 Å². The molecular weight excluding hydrogens is 374 g/mol. The lowest BCUT2D eigenvalue weighted by molar-refractivity contribution is -0.928. The standard InChI is InChI=1S/C30H64N/c1-5-9-11-13-15-17-19-21-23-25-29-31(27-7-3,28-8-4)30-26-24-22-20-18-16-14-12-10-6-2/h5-30H2,1-4H3/q+1. The highest BCUT2D eigenvalue weighted by molar-refractivity contribution is 4.53. The summed E-state index contributed by atoms with van der Waals surface area (Å²) in [5, 5.41) is 0. The summed E-state index contributed by atoms with van der Waals surface area (Å²) in [5.41, 5.74) is 0. The zero-order valence-electron chi connectivity index (χ0n) is 22.8. The molecule has 0 saturated carbocycles. The molecule has 0 saturated heterocycles. The molecule has 0 unspecified atom stereocenters. The van der Waals surface area contributed by atoms with Crippen LogP contribution in [0, 0.1) is 0 Å². The lowest BCUT2D eigenvalue weighted by atomic mass is 10.0. The highest BCUT2D eigenvalue weighted by Gasteiger charge is 2.24. The van der Waals surface area contributed by atoms with Gasteiger partial charge in [-0.15, -0.1) is 0 Å². The van der Waals surface area contributed by atoms with Crippen molar-refractivity contribution < 1.29 is 4.48 Å². The van der Waals surface area contributed by atoms with Crippen LogP contribution >= 0.6 is 0 Å². The van der Waals surface area contributed by atoms with Crippen LogP contribution in [0.3, 0.4) is 0 Å². The van der Waals surface area contributed by atoms with Gasteiger partial charge < -0.3 is 4.48 Å². The van der Waals surface area contributed by atoms with E-state index < -0.39 is 0 Å². The van der Waals surface area contributed by atoms with E-state index >= 15 is 0 Å².